The van der Waals surface area contributed by atoms with Crippen LogP contribution < -0.4 is 15.4 Å². The molecule has 0 saturated carbocycles. The van der Waals surface area contributed by atoms with E-state index >= 15 is 0 Å². The lowest BCUT2D eigenvalue weighted by atomic mass is 10.1. The van der Waals surface area contributed by atoms with Crippen molar-refractivity contribution in [2.24, 2.45) is 0 Å². The summed E-state index contributed by atoms with van der Waals surface area (Å²) < 4.78 is 5.22. The molecule has 0 aliphatic rings. The van der Waals surface area contributed by atoms with E-state index in [1.807, 2.05) is 6.07 Å². The van der Waals surface area contributed by atoms with E-state index in [4.69, 9.17) is 9.84 Å². The van der Waals surface area contributed by atoms with Crippen LogP contribution in [0.2, 0.25) is 0 Å². The quantitative estimate of drug-likeness (QED) is 0.508. The highest BCUT2D eigenvalue weighted by Gasteiger charge is 2.18. The summed E-state index contributed by atoms with van der Waals surface area (Å²) in [6, 6.07) is 21.5. The molecule has 7 heteroatoms. The van der Waals surface area contributed by atoms with Crippen LogP contribution in [0, 0.1) is 0 Å². The molecule has 156 valence electrons. The van der Waals surface area contributed by atoms with Crippen molar-refractivity contribution in [1.82, 2.24) is 5.32 Å². The number of benzene rings is 3. The predicted molar refractivity (Wildman–Crippen MR) is 117 cm³/mol. The molecule has 0 spiro atoms. The summed E-state index contributed by atoms with van der Waals surface area (Å²) in [6.07, 6.45) is 1.53. The fourth-order valence-electron chi connectivity index (χ4n) is 2.82. The molecule has 31 heavy (non-hydrogen) atoms. The fraction of sp³-hybridized carbons (Fsp3) is 0.0417. The van der Waals surface area contributed by atoms with E-state index in [0.29, 0.717) is 11.3 Å². The number of hydrogen-bond acceptors (Lipinski definition) is 4. The van der Waals surface area contributed by atoms with Crippen LogP contribution in [0.4, 0.5) is 5.69 Å². The largest absolute Gasteiger partial charge is 0.496 e. The number of anilines is 1. The van der Waals surface area contributed by atoms with Gasteiger partial charge in [-0.05, 0) is 42.0 Å². The van der Waals surface area contributed by atoms with Gasteiger partial charge in [0.05, 0.1) is 18.2 Å². The van der Waals surface area contributed by atoms with Gasteiger partial charge in [0.2, 0.25) is 0 Å². The van der Waals surface area contributed by atoms with Crippen molar-refractivity contribution < 1.29 is 24.2 Å². The second kappa shape index (κ2) is 9.89. The molecule has 0 aromatic heterocycles. The van der Waals surface area contributed by atoms with Crippen LogP contribution in [0.25, 0.3) is 6.08 Å². The van der Waals surface area contributed by atoms with Gasteiger partial charge in [-0.2, -0.15) is 0 Å². The van der Waals surface area contributed by atoms with Gasteiger partial charge >= 0.3 is 5.97 Å². The van der Waals surface area contributed by atoms with E-state index < -0.39 is 17.8 Å². The molecule has 0 aliphatic carbocycles. The summed E-state index contributed by atoms with van der Waals surface area (Å²) in [5.41, 5.74) is 1.28. The number of carbonyl (C=O) groups excluding carboxylic acids is 2. The van der Waals surface area contributed by atoms with Gasteiger partial charge in [-0.1, -0.05) is 48.5 Å². The molecule has 0 heterocycles. The Bertz CT molecular complexity index is 1140. The minimum absolute atomic E-state index is 0.0113. The Morgan fingerprint density at radius 3 is 2.32 bits per heavy atom. The van der Waals surface area contributed by atoms with E-state index in [2.05, 4.69) is 10.6 Å². The molecular formula is C24H20N2O5. The average molecular weight is 416 g/mol. The number of rotatable bonds is 7. The summed E-state index contributed by atoms with van der Waals surface area (Å²) in [5.74, 6) is -1.86. The molecule has 0 aliphatic heterocycles. The lowest BCUT2D eigenvalue weighted by molar-refractivity contribution is -0.113. The number of methoxy groups -OCH3 is 1. The van der Waals surface area contributed by atoms with Crippen LogP contribution in [0.3, 0.4) is 0 Å². The minimum atomic E-state index is -1.11. The van der Waals surface area contributed by atoms with E-state index in [1.165, 1.54) is 31.4 Å². The van der Waals surface area contributed by atoms with Gasteiger partial charge in [0.1, 0.15) is 11.4 Å². The molecule has 0 atom stereocenters. The summed E-state index contributed by atoms with van der Waals surface area (Å²) >= 11 is 0. The standard InChI is InChI=1S/C24H20N2O5/c1-31-21-13-6-5-12-19(21)22(27)26-20(14-16-8-3-2-4-9-16)23(28)25-18-11-7-10-17(15-18)24(29)30/h2-15H,1H3,(H,25,28)(H,26,27)(H,29,30). The first-order chi connectivity index (χ1) is 15.0. The number of ether oxygens (including phenoxy) is 1. The van der Waals surface area contributed by atoms with Crippen molar-refractivity contribution in [3.05, 3.63) is 101 Å². The molecule has 0 fully saturated rings. The van der Waals surface area contributed by atoms with Crippen molar-refractivity contribution >= 4 is 29.5 Å². The highest BCUT2D eigenvalue weighted by molar-refractivity contribution is 6.11. The monoisotopic (exact) mass is 416 g/mol. The summed E-state index contributed by atoms with van der Waals surface area (Å²) in [5, 5.41) is 14.4. The molecule has 0 unspecified atom stereocenters. The van der Waals surface area contributed by atoms with Gasteiger partial charge in [0.25, 0.3) is 11.8 Å². The second-order valence-electron chi connectivity index (χ2n) is 6.46. The van der Waals surface area contributed by atoms with Crippen LogP contribution in [-0.4, -0.2) is 30.0 Å². The maximum absolute atomic E-state index is 12.9. The summed E-state index contributed by atoms with van der Waals surface area (Å²) in [7, 11) is 1.45. The van der Waals surface area contributed by atoms with E-state index in [9.17, 15) is 14.4 Å². The number of para-hydroxylation sites is 1. The minimum Gasteiger partial charge on any atom is -0.496 e. The van der Waals surface area contributed by atoms with E-state index in [-0.39, 0.29) is 22.5 Å². The maximum Gasteiger partial charge on any atom is 0.335 e. The molecular weight excluding hydrogens is 396 g/mol. The van der Waals surface area contributed by atoms with Crippen molar-refractivity contribution in [2.75, 3.05) is 12.4 Å². The topological polar surface area (TPSA) is 105 Å². The smallest absolute Gasteiger partial charge is 0.335 e. The zero-order valence-electron chi connectivity index (χ0n) is 16.7. The SMILES string of the molecule is COc1ccccc1C(=O)NC(=Cc1ccccc1)C(=O)Nc1cccc(C(=O)O)c1. The molecule has 0 saturated heterocycles. The van der Waals surface area contributed by atoms with E-state index in [1.54, 1.807) is 54.6 Å². The number of carbonyl (C=O) groups is 3. The van der Waals surface area contributed by atoms with Crippen LogP contribution in [-0.2, 0) is 4.79 Å². The molecule has 2 amide bonds. The molecule has 3 rings (SSSR count). The predicted octanol–water partition coefficient (Wildman–Crippen LogP) is 3.80. The Kier molecular flexibility index (Phi) is 6.80. The van der Waals surface area contributed by atoms with Crippen LogP contribution in [0.5, 0.6) is 5.75 Å². The number of amides is 2. The normalized spacial score (nSPS) is 10.8. The first-order valence-corrected chi connectivity index (χ1v) is 9.34. The van der Waals surface area contributed by atoms with Gasteiger partial charge in [-0.15, -0.1) is 0 Å². The van der Waals surface area contributed by atoms with Gasteiger partial charge < -0.3 is 20.5 Å². The van der Waals surface area contributed by atoms with Crippen LogP contribution >= 0.6 is 0 Å². The Morgan fingerprint density at radius 1 is 0.903 bits per heavy atom. The first kappa shape index (κ1) is 21.3. The van der Waals surface area contributed by atoms with Crippen molar-refractivity contribution in [3.63, 3.8) is 0 Å². The van der Waals surface area contributed by atoms with Gasteiger partial charge in [0.15, 0.2) is 0 Å². The zero-order chi connectivity index (χ0) is 22.2. The molecule has 0 radical (unpaired) electrons. The Balaban J connectivity index is 1.90. The van der Waals surface area contributed by atoms with Gasteiger partial charge in [0, 0.05) is 5.69 Å². The Hall–Kier alpha value is -4.39. The molecule has 3 aromatic rings. The van der Waals surface area contributed by atoms with Crippen molar-refractivity contribution in [2.45, 2.75) is 0 Å². The zero-order valence-corrected chi connectivity index (χ0v) is 16.7. The lowest BCUT2D eigenvalue weighted by Crippen LogP contribution is -2.31. The third kappa shape index (κ3) is 5.57. The fourth-order valence-corrected chi connectivity index (χ4v) is 2.82. The number of carboxylic acid groups (broad SMARTS) is 1. The van der Waals surface area contributed by atoms with Gasteiger partial charge in [-0.25, -0.2) is 4.79 Å². The molecule has 7 nitrogen and oxygen atoms in total. The van der Waals surface area contributed by atoms with Gasteiger partial charge in [-0.3, -0.25) is 9.59 Å². The van der Waals surface area contributed by atoms with Crippen molar-refractivity contribution in [3.8, 4) is 5.75 Å². The molecule has 3 N–H and O–H groups in total. The lowest BCUT2D eigenvalue weighted by Gasteiger charge is -2.13. The van der Waals surface area contributed by atoms with Crippen LogP contribution in [0.1, 0.15) is 26.3 Å². The number of nitrogens with one attached hydrogen (secondary N) is 2. The maximum atomic E-state index is 12.9. The second-order valence-corrected chi connectivity index (χ2v) is 6.46. The molecule has 0 bridgehead atoms. The highest BCUT2D eigenvalue weighted by atomic mass is 16.5. The Labute approximate surface area is 179 Å². The third-order valence-corrected chi connectivity index (χ3v) is 4.32. The number of hydrogen-bond donors (Lipinski definition) is 3. The third-order valence-electron chi connectivity index (χ3n) is 4.32. The summed E-state index contributed by atoms with van der Waals surface area (Å²) in [6.45, 7) is 0. The van der Waals surface area contributed by atoms with Crippen molar-refractivity contribution in [1.29, 1.82) is 0 Å². The average Bonchev–Trinajstić information content (AvgIpc) is 2.79. The molecule has 3 aromatic carbocycles. The van der Waals surface area contributed by atoms with E-state index in [0.717, 1.165) is 0 Å². The number of aromatic carboxylic acids is 1. The highest BCUT2D eigenvalue weighted by Crippen LogP contribution is 2.18. The first-order valence-electron chi connectivity index (χ1n) is 9.34. The number of carboxylic acids is 1. The summed E-state index contributed by atoms with van der Waals surface area (Å²) in [4.78, 5) is 37.0. The van der Waals surface area contributed by atoms with Crippen LogP contribution in [0.15, 0.2) is 84.6 Å². The Morgan fingerprint density at radius 2 is 1.61 bits per heavy atom.